The van der Waals surface area contributed by atoms with Crippen LogP contribution in [0, 0.1) is 0 Å². The molecule has 1 aromatic rings. The molecular formula is C11H15ClO2S. The summed E-state index contributed by atoms with van der Waals surface area (Å²) in [7, 11) is 0. The third kappa shape index (κ3) is 3.93. The molecule has 0 spiro atoms. The Bertz CT molecular complexity index is 315. The Balaban J connectivity index is 2.77. The fraction of sp³-hybridized carbons (Fsp3) is 0.455. The molecule has 1 aromatic carbocycles. The molecule has 84 valence electrons. The zero-order valence-corrected chi connectivity index (χ0v) is 10.4. The Morgan fingerprint density at radius 3 is 2.87 bits per heavy atom. The summed E-state index contributed by atoms with van der Waals surface area (Å²) in [6.07, 6.45) is 1.47. The Hall–Kier alpha value is -0.380. The number of rotatable bonds is 5. The zero-order chi connectivity index (χ0) is 11.3. The number of aliphatic hydroxyl groups excluding tert-OH is 1. The molecule has 0 fully saturated rings. The van der Waals surface area contributed by atoms with Crippen LogP contribution in [0.1, 0.15) is 18.6 Å². The molecule has 0 aliphatic heterocycles. The van der Waals surface area contributed by atoms with Gasteiger partial charge in [-0.1, -0.05) is 11.6 Å². The molecule has 0 aliphatic rings. The Morgan fingerprint density at radius 1 is 1.53 bits per heavy atom. The van der Waals surface area contributed by atoms with Crippen LogP contribution in [0.2, 0.25) is 5.02 Å². The van der Waals surface area contributed by atoms with Crippen molar-refractivity contribution in [3.63, 3.8) is 0 Å². The number of thioether (sulfide) groups is 1. The van der Waals surface area contributed by atoms with Crippen LogP contribution in [0.5, 0.6) is 5.75 Å². The van der Waals surface area contributed by atoms with E-state index in [9.17, 15) is 5.11 Å². The van der Waals surface area contributed by atoms with Gasteiger partial charge in [0, 0.05) is 16.3 Å². The van der Waals surface area contributed by atoms with Gasteiger partial charge in [0.15, 0.2) is 0 Å². The van der Waals surface area contributed by atoms with Crippen LogP contribution in [-0.2, 0) is 0 Å². The minimum atomic E-state index is -0.562. The number of halogens is 1. The number of hydrogen-bond acceptors (Lipinski definition) is 3. The first kappa shape index (κ1) is 12.7. The van der Waals surface area contributed by atoms with Crippen LogP contribution in [0.15, 0.2) is 18.2 Å². The predicted octanol–water partition coefficient (Wildman–Crippen LogP) is 3.14. The van der Waals surface area contributed by atoms with Gasteiger partial charge < -0.3 is 9.84 Å². The highest BCUT2D eigenvalue weighted by Gasteiger charge is 2.09. The van der Waals surface area contributed by atoms with Gasteiger partial charge in [-0.2, -0.15) is 11.8 Å². The lowest BCUT2D eigenvalue weighted by molar-refractivity contribution is 0.192. The SMILES string of the molecule is CSCCOc1ccc(Cl)cc1[C@@H](C)O. The number of hydrogen-bond donors (Lipinski definition) is 1. The number of aliphatic hydroxyl groups is 1. The predicted molar refractivity (Wildman–Crippen MR) is 66.0 cm³/mol. The summed E-state index contributed by atoms with van der Waals surface area (Å²) in [5.74, 6) is 1.64. The summed E-state index contributed by atoms with van der Waals surface area (Å²) >= 11 is 7.58. The molecular weight excluding hydrogens is 232 g/mol. The lowest BCUT2D eigenvalue weighted by Gasteiger charge is -2.13. The van der Waals surface area contributed by atoms with E-state index in [0.717, 1.165) is 11.3 Å². The average Bonchev–Trinajstić information content (AvgIpc) is 2.20. The molecule has 0 bridgehead atoms. The molecule has 0 saturated heterocycles. The van der Waals surface area contributed by atoms with Crippen LogP contribution in [0.25, 0.3) is 0 Å². The molecule has 1 N–H and O–H groups in total. The maximum absolute atomic E-state index is 9.54. The summed E-state index contributed by atoms with van der Waals surface area (Å²) in [6, 6.07) is 5.30. The van der Waals surface area contributed by atoms with E-state index in [-0.39, 0.29) is 0 Å². The highest BCUT2D eigenvalue weighted by molar-refractivity contribution is 7.98. The quantitative estimate of drug-likeness (QED) is 0.810. The second-order valence-electron chi connectivity index (χ2n) is 3.20. The smallest absolute Gasteiger partial charge is 0.125 e. The minimum Gasteiger partial charge on any atom is -0.492 e. The maximum atomic E-state index is 9.54. The van der Waals surface area contributed by atoms with Crippen molar-refractivity contribution in [1.29, 1.82) is 0 Å². The minimum absolute atomic E-state index is 0.562. The second-order valence-corrected chi connectivity index (χ2v) is 4.62. The van der Waals surface area contributed by atoms with Crippen molar-refractivity contribution in [1.82, 2.24) is 0 Å². The summed E-state index contributed by atoms with van der Waals surface area (Å²) in [5.41, 5.74) is 0.739. The molecule has 0 aliphatic carbocycles. The third-order valence-corrected chi connectivity index (χ3v) is 2.78. The molecule has 0 amide bonds. The molecule has 0 unspecified atom stereocenters. The van der Waals surface area contributed by atoms with Crippen LogP contribution in [-0.4, -0.2) is 23.7 Å². The molecule has 15 heavy (non-hydrogen) atoms. The van der Waals surface area contributed by atoms with Crippen molar-refractivity contribution in [3.05, 3.63) is 28.8 Å². The molecule has 2 nitrogen and oxygen atoms in total. The first-order valence-corrected chi connectivity index (χ1v) is 6.51. The fourth-order valence-corrected chi connectivity index (χ4v) is 1.64. The van der Waals surface area contributed by atoms with Crippen LogP contribution >= 0.6 is 23.4 Å². The van der Waals surface area contributed by atoms with Crippen molar-refractivity contribution >= 4 is 23.4 Å². The van der Waals surface area contributed by atoms with E-state index >= 15 is 0 Å². The van der Waals surface area contributed by atoms with Gasteiger partial charge in [0.25, 0.3) is 0 Å². The van der Waals surface area contributed by atoms with Gasteiger partial charge >= 0.3 is 0 Å². The van der Waals surface area contributed by atoms with E-state index in [1.165, 1.54) is 0 Å². The molecule has 0 radical (unpaired) electrons. The Labute approximate surface area is 99.6 Å². The van der Waals surface area contributed by atoms with Gasteiger partial charge in [0.1, 0.15) is 5.75 Å². The van der Waals surface area contributed by atoms with Gasteiger partial charge in [0.05, 0.1) is 12.7 Å². The molecule has 0 heterocycles. The summed E-state index contributed by atoms with van der Waals surface area (Å²) in [4.78, 5) is 0. The van der Waals surface area contributed by atoms with E-state index in [1.807, 2.05) is 6.26 Å². The van der Waals surface area contributed by atoms with Gasteiger partial charge in [-0.25, -0.2) is 0 Å². The molecule has 4 heteroatoms. The van der Waals surface area contributed by atoms with Gasteiger partial charge in [-0.15, -0.1) is 0 Å². The summed E-state index contributed by atoms with van der Waals surface area (Å²) < 4.78 is 5.55. The van der Waals surface area contributed by atoms with Crippen molar-refractivity contribution in [2.75, 3.05) is 18.6 Å². The summed E-state index contributed by atoms with van der Waals surface area (Å²) in [6.45, 7) is 2.34. The topological polar surface area (TPSA) is 29.5 Å². The van der Waals surface area contributed by atoms with Crippen LogP contribution in [0.4, 0.5) is 0 Å². The highest BCUT2D eigenvalue weighted by atomic mass is 35.5. The molecule has 1 atom stereocenters. The standard InChI is InChI=1S/C11H15ClO2S/c1-8(13)10-7-9(12)3-4-11(10)14-5-6-15-2/h3-4,7-8,13H,5-6H2,1-2H3/t8-/m1/s1. The number of benzene rings is 1. The Kier molecular flexibility index (Phi) is 5.29. The van der Waals surface area contributed by atoms with Crippen molar-refractivity contribution < 1.29 is 9.84 Å². The summed E-state index contributed by atoms with van der Waals surface area (Å²) in [5, 5.41) is 10.2. The average molecular weight is 247 g/mol. The number of ether oxygens (including phenoxy) is 1. The van der Waals surface area contributed by atoms with Crippen molar-refractivity contribution in [2.24, 2.45) is 0 Å². The van der Waals surface area contributed by atoms with E-state index in [4.69, 9.17) is 16.3 Å². The first-order chi connectivity index (χ1) is 7.15. The molecule has 0 aromatic heterocycles. The van der Waals surface area contributed by atoms with E-state index < -0.39 is 6.10 Å². The maximum Gasteiger partial charge on any atom is 0.125 e. The Morgan fingerprint density at radius 2 is 2.27 bits per heavy atom. The van der Waals surface area contributed by atoms with E-state index in [1.54, 1.807) is 36.9 Å². The zero-order valence-electron chi connectivity index (χ0n) is 8.87. The monoisotopic (exact) mass is 246 g/mol. The van der Waals surface area contributed by atoms with Gasteiger partial charge in [-0.05, 0) is 31.4 Å². The fourth-order valence-electron chi connectivity index (χ4n) is 1.21. The lowest BCUT2D eigenvalue weighted by atomic mass is 10.1. The van der Waals surface area contributed by atoms with E-state index in [0.29, 0.717) is 17.4 Å². The highest BCUT2D eigenvalue weighted by Crippen LogP contribution is 2.28. The second kappa shape index (κ2) is 6.26. The van der Waals surface area contributed by atoms with Gasteiger partial charge in [-0.3, -0.25) is 0 Å². The van der Waals surface area contributed by atoms with E-state index in [2.05, 4.69) is 0 Å². The molecule has 1 rings (SSSR count). The normalized spacial score (nSPS) is 12.5. The first-order valence-electron chi connectivity index (χ1n) is 4.74. The van der Waals surface area contributed by atoms with Crippen molar-refractivity contribution in [3.8, 4) is 5.75 Å². The lowest BCUT2D eigenvalue weighted by Crippen LogP contribution is -2.03. The van der Waals surface area contributed by atoms with Crippen LogP contribution in [0.3, 0.4) is 0 Å². The largest absolute Gasteiger partial charge is 0.492 e. The van der Waals surface area contributed by atoms with Gasteiger partial charge in [0.2, 0.25) is 0 Å². The van der Waals surface area contributed by atoms with Crippen molar-refractivity contribution in [2.45, 2.75) is 13.0 Å². The van der Waals surface area contributed by atoms with Crippen LogP contribution < -0.4 is 4.74 Å². The molecule has 0 saturated carbocycles. The third-order valence-electron chi connectivity index (χ3n) is 1.97.